The minimum atomic E-state index is 0.318. The van der Waals surface area contributed by atoms with Crippen molar-refractivity contribution in [1.82, 2.24) is 35.2 Å². The standard InChI is InChI=1S/C14H12N8O/c15-11-5-10(13-14(18-11)20-21-19-13)23-8-9-6-17-22(7-9)12-3-1-2-4-16-12/h1-7H,8H2,(H3,15,18,19,20,21). The molecule has 0 aliphatic carbocycles. The Morgan fingerprint density at radius 1 is 1.30 bits per heavy atom. The molecule has 0 atom stereocenters. The van der Waals surface area contributed by atoms with Crippen LogP contribution in [0.1, 0.15) is 5.56 Å². The van der Waals surface area contributed by atoms with Crippen LogP contribution in [0.5, 0.6) is 5.75 Å². The Labute approximate surface area is 130 Å². The summed E-state index contributed by atoms with van der Waals surface area (Å²) in [5.41, 5.74) is 7.66. The Balaban J connectivity index is 1.55. The van der Waals surface area contributed by atoms with Crippen molar-refractivity contribution < 1.29 is 4.74 Å². The minimum Gasteiger partial charge on any atom is -0.486 e. The highest BCUT2D eigenvalue weighted by molar-refractivity contribution is 5.78. The number of nitrogens with zero attached hydrogens (tertiary/aromatic N) is 6. The summed E-state index contributed by atoms with van der Waals surface area (Å²) in [4.78, 5) is 8.33. The van der Waals surface area contributed by atoms with E-state index in [0.29, 0.717) is 29.3 Å². The third kappa shape index (κ3) is 2.55. The highest BCUT2D eigenvalue weighted by Crippen LogP contribution is 2.23. The van der Waals surface area contributed by atoms with E-state index in [1.807, 2.05) is 24.4 Å². The van der Waals surface area contributed by atoms with Gasteiger partial charge in [0.25, 0.3) is 0 Å². The van der Waals surface area contributed by atoms with Gasteiger partial charge in [-0.2, -0.15) is 5.10 Å². The molecule has 0 aliphatic heterocycles. The summed E-state index contributed by atoms with van der Waals surface area (Å²) in [6.07, 6.45) is 5.29. The van der Waals surface area contributed by atoms with E-state index in [-0.39, 0.29) is 0 Å². The monoisotopic (exact) mass is 308 g/mol. The van der Waals surface area contributed by atoms with Crippen LogP contribution < -0.4 is 10.5 Å². The predicted octanol–water partition coefficient (Wildman–Crippen LogP) is 1.09. The molecule has 0 aromatic carbocycles. The van der Waals surface area contributed by atoms with Crippen molar-refractivity contribution in [3.63, 3.8) is 0 Å². The van der Waals surface area contributed by atoms with Gasteiger partial charge < -0.3 is 10.5 Å². The SMILES string of the molecule is Nc1cc(OCc2cnn(-c3ccccn3)c2)c2nn[nH]c2n1. The molecule has 0 fully saturated rings. The van der Waals surface area contributed by atoms with Crippen molar-refractivity contribution in [2.75, 3.05) is 5.73 Å². The molecule has 114 valence electrons. The number of pyridine rings is 2. The molecule has 0 saturated carbocycles. The second-order valence-corrected chi connectivity index (χ2v) is 4.82. The van der Waals surface area contributed by atoms with Crippen molar-refractivity contribution >= 4 is 17.0 Å². The molecular weight excluding hydrogens is 296 g/mol. The van der Waals surface area contributed by atoms with Gasteiger partial charge in [-0.1, -0.05) is 11.3 Å². The number of hydrogen-bond donors (Lipinski definition) is 2. The van der Waals surface area contributed by atoms with Crippen molar-refractivity contribution in [2.45, 2.75) is 6.61 Å². The van der Waals surface area contributed by atoms with Crippen LogP contribution in [0, 0.1) is 0 Å². The summed E-state index contributed by atoms with van der Waals surface area (Å²) >= 11 is 0. The number of nitrogens with one attached hydrogen (secondary N) is 1. The topological polar surface area (TPSA) is 120 Å². The molecule has 0 saturated heterocycles. The Bertz CT molecular complexity index is 946. The molecule has 0 radical (unpaired) electrons. The summed E-state index contributed by atoms with van der Waals surface area (Å²) in [6, 6.07) is 7.25. The first-order valence-corrected chi connectivity index (χ1v) is 6.84. The molecular formula is C14H12N8O. The Morgan fingerprint density at radius 2 is 2.26 bits per heavy atom. The molecule has 9 nitrogen and oxygen atoms in total. The number of nitrogens with two attached hydrogens (primary N) is 1. The van der Waals surface area contributed by atoms with Crippen molar-refractivity contribution in [3.05, 3.63) is 48.4 Å². The van der Waals surface area contributed by atoms with Crippen LogP contribution in [-0.2, 0) is 6.61 Å². The third-order valence-corrected chi connectivity index (χ3v) is 3.20. The highest BCUT2D eigenvalue weighted by atomic mass is 16.5. The van der Waals surface area contributed by atoms with Crippen LogP contribution in [0.25, 0.3) is 17.0 Å². The average molecular weight is 308 g/mol. The van der Waals surface area contributed by atoms with Crippen molar-refractivity contribution in [2.24, 2.45) is 0 Å². The number of anilines is 1. The number of aromatic amines is 1. The zero-order valence-electron chi connectivity index (χ0n) is 11.9. The average Bonchev–Trinajstić information content (AvgIpc) is 3.22. The second-order valence-electron chi connectivity index (χ2n) is 4.82. The summed E-state index contributed by atoms with van der Waals surface area (Å²) in [5, 5.41) is 14.6. The van der Waals surface area contributed by atoms with Crippen molar-refractivity contribution in [1.29, 1.82) is 0 Å². The van der Waals surface area contributed by atoms with Gasteiger partial charge >= 0.3 is 0 Å². The lowest BCUT2D eigenvalue weighted by Gasteiger charge is -2.05. The maximum Gasteiger partial charge on any atom is 0.181 e. The van der Waals surface area contributed by atoms with Gasteiger partial charge in [-0.15, -0.1) is 5.10 Å². The molecule has 0 bridgehead atoms. The van der Waals surface area contributed by atoms with Gasteiger partial charge in [0.05, 0.1) is 6.20 Å². The molecule has 23 heavy (non-hydrogen) atoms. The molecule has 9 heteroatoms. The van der Waals surface area contributed by atoms with E-state index >= 15 is 0 Å². The lowest BCUT2D eigenvalue weighted by molar-refractivity contribution is 0.309. The van der Waals surface area contributed by atoms with E-state index in [0.717, 1.165) is 11.4 Å². The fraction of sp³-hybridized carbons (Fsp3) is 0.0714. The van der Waals surface area contributed by atoms with Gasteiger partial charge in [0, 0.05) is 24.0 Å². The van der Waals surface area contributed by atoms with E-state index < -0.39 is 0 Å². The first-order chi connectivity index (χ1) is 11.3. The zero-order chi connectivity index (χ0) is 15.6. The molecule has 0 amide bonds. The fourth-order valence-corrected chi connectivity index (χ4v) is 2.15. The molecule has 3 N–H and O–H groups in total. The van der Waals surface area contributed by atoms with Gasteiger partial charge in [0.15, 0.2) is 22.7 Å². The quantitative estimate of drug-likeness (QED) is 0.579. The van der Waals surface area contributed by atoms with Crippen LogP contribution in [0.4, 0.5) is 5.82 Å². The van der Waals surface area contributed by atoms with Crippen LogP contribution in [0.15, 0.2) is 42.9 Å². The number of rotatable bonds is 4. The molecule has 4 heterocycles. The maximum absolute atomic E-state index is 5.78. The van der Waals surface area contributed by atoms with E-state index in [1.54, 1.807) is 23.1 Å². The van der Waals surface area contributed by atoms with Gasteiger partial charge in [-0.3, -0.25) is 0 Å². The van der Waals surface area contributed by atoms with E-state index in [2.05, 4.69) is 30.5 Å². The largest absolute Gasteiger partial charge is 0.486 e. The number of H-pyrrole nitrogens is 1. The molecule has 0 spiro atoms. The van der Waals surface area contributed by atoms with E-state index in [4.69, 9.17) is 10.5 Å². The van der Waals surface area contributed by atoms with Gasteiger partial charge in [0.2, 0.25) is 0 Å². The van der Waals surface area contributed by atoms with Crippen LogP contribution in [0.2, 0.25) is 0 Å². The van der Waals surface area contributed by atoms with E-state index in [1.165, 1.54) is 0 Å². The van der Waals surface area contributed by atoms with Crippen LogP contribution in [-0.4, -0.2) is 35.2 Å². The zero-order valence-corrected chi connectivity index (χ0v) is 11.9. The number of fused-ring (bicyclic) bond motifs is 1. The number of hydrogen-bond acceptors (Lipinski definition) is 7. The lowest BCUT2D eigenvalue weighted by Crippen LogP contribution is -1.99. The van der Waals surface area contributed by atoms with Gasteiger partial charge in [-0.05, 0) is 12.1 Å². The third-order valence-electron chi connectivity index (χ3n) is 3.20. The Hall–Kier alpha value is -3.49. The first kappa shape index (κ1) is 13.2. The Kier molecular flexibility index (Phi) is 3.08. The molecule has 0 unspecified atom stereocenters. The van der Waals surface area contributed by atoms with Crippen LogP contribution >= 0.6 is 0 Å². The normalized spacial score (nSPS) is 11.0. The van der Waals surface area contributed by atoms with Gasteiger partial charge in [-0.25, -0.2) is 19.7 Å². The fourth-order valence-electron chi connectivity index (χ4n) is 2.15. The molecule has 4 rings (SSSR count). The summed E-state index contributed by atoms with van der Waals surface area (Å²) in [5.74, 6) is 1.60. The van der Waals surface area contributed by atoms with Crippen LogP contribution in [0.3, 0.4) is 0 Å². The highest BCUT2D eigenvalue weighted by Gasteiger charge is 2.10. The second kappa shape index (κ2) is 5.37. The Morgan fingerprint density at radius 3 is 3.13 bits per heavy atom. The lowest BCUT2D eigenvalue weighted by atomic mass is 10.3. The molecule has 0 aliphatic rings. The smallest absolute Gasteiger partial charge is 0.181 e. The predicted molar refractivity (Wildman–Crippen MR) is 81.8 cm³/mol. The number of nitrogen functional groups attached to an aromatic ring is 1. The molecule has 4 aromatic heterocycles. The van der Waals surface area contributed by atoms with E-state index in [9.17, 15) is 0 Å². The summed E-state index contributed by atoms with van der Waals surface area (Å²) in [6.45, 7) is 0.318. The first-order valence-electron chi connectivity index (χ1n) is 6.84. The number of aromatic nitrogens is 7. The molecule has 4 aromatic rings. The van der Waals surface area contributed by atoms with Gasteiger partial charge in [0.1, 0.15) is 12.4 Å². The maximum atomic E-state index is 5.78. The summed E-state index contributed by atoms with van der Waals surface area (Å²) in [7, 11) is 0. The minimum absolute atomic E-state index is 0.318. The van der Waals surface area contributed by atoms with Crippen molar-refractivity contribution in [3.8, 4) is 11.6 Å². The summed E-state index contributed by atoms with van der Waals surface area (Å²) < 4.78 is 7.46. The number of ether oxygens (including phenoxy) is 1.